The molecule has 3 amide bonds. The molecule has 1 aromatic rings. The Morgan fingerprint density at radius 3 is 2.18 bits per heavy atom. The maximum absolute atomic E-state index is 12.1. The van der Waals surface area contributed by atoms with Gasteiger partial charge in [-0.15, -0.1) is 0 Å². The Morgan fingerprint density at radius 1 is 1.00 bits per heavy atom. The van der Waals surface area contributed by atoms with Crippen LogP contribution < -0.4 is 21.7 Å². The van der Waals surface area contributed by atoms with E-state index >= 15 is 0 Å². The molecule has 6 N–H and O–H groups in total. The standard InChI is InChI=1S/C19H28N4O5/c1-12(2)8-15(19(28)22-11-17(25)26)23-16(24)10-21-18(27)14(20)9-13-6-4-3-5-7-13/h3-7,12,14-15H,8-11,20H2,1-2H3,(H,21,27)(H,22,28)(H,23,24)(H,25,26). The number of carbonyl (C=O) groups excluding carboxylic acids is 3. The molecular formula is C19H28N4O5. The highest BCUT2D eigenvalue weighted by atomic mass is 16.4. The first-order valence-electron chi connectivity index (χ1n) is 9.05. The van der Waals surface area contributed by atoms with E-state index in [0.717, 1.165) is 5.56 Å². The lowest BCUT2D eigenvalue weighted by Gasteiger charge is -2.20. The summed E-state index contributed by atoms with van der Waals surface area (Å²) in [4.78, 5) is 46.8. The van der Waals surface area contributed by atoms with Crippen LogP contribution in [-0.2, 0) is 25.6 Å². The molecule has 0 radical (unpaired) electrons. The normalized spacial score (nSPS) is 12.7. The lowest BCUT2D eigenvalue weighted by atomic mass is 10.0. The third-order valence-corrected chi connectivity index (χ3v) is 3.83. The molecule has 0 heterocycles. The Balaban J connectivity index is 2.50. The summed E-state index contributed by atoms with van der Waals surface area (Å²) < 4.78 is 0. The number of aliphatic carboxylic acids is 1. The van der Waals surface area contributed by atoms with E-state index in [4.69, 9.17) is 10.8 Å². The Labute approximate surface area is 164 Å². The Morgan fingerprint density at radius 2 is 1.61 bits per heavy atom. The van der Waals surface area contributed by atoms with E-state index in [9.17, 15) is 19.2 Å². The van der Waals surface area contributed by atoms with Gasteiger partial charge in [0.25, 0.3) is 0 Å². The lowest BCUT2D eigenvalue weighted by molar-refractivity contribution is -0.138. The van der Waals surface area contributed by atoms with Crippen LogP contribution in [0.25, 0.3) is 0 Å². The molecule has 0 aliphatic heterocycles. The fourth-order valence-corrected chi connectivity index (χ4v) is 2.49. The van der Waals surface area contributed by atoms with E-state index in [2.05, 4.69) is 16.0 Å². The quantitative estimate of drug-likeness (QED) is 0.339. The van der Waals surface area contributed by atoms with E-state index in [1.807, 2.05) is 44.2 Å². The highest BCUT2D eigenvalue weighted by Crippen LogP contribution is 2.05. The number of nitrogens with one attached hydrogen (secondary N) is 3. The van der Waals surface area contributed by atoms with Gasteiger partial charge in [-0.05, 0) is 24.3 Å². The van der Waals surface area contributed by atoms with Gasteiger partial charge in [0.15, 0.2) is 0 Å². The number of benzene rings is 1. The topological polar surface area (TPSA) is 151 Å². The monoisotopic (exact) mass is 392 g/mol. The van der Waals surface area contributed by atoms with Crippen LogP contribution in [0.3, 0.4) is 0 Å². The molecule has 0 aliphatic rings. The summed E-state index contributed by atoms with van der Waals surface area (Å²) in [5.74, 6) is -2.71. The molecule has 9 nitrogen and oxygen atoms in total. The number of hydrogen-bond acceptors (Lipinski definition) is 5. The summed E-state index contributed by atoms with van der Waals surface area (Å²) in [6, 6.07) is 7.56. The minimum absolute atomic E-state index is 0.0924. The Hall–Kier alpha value is -2.94. The second kappa shape index (κ2) is 11.7. The van der Waals surface area contributed by atoms with Gasteiger partial charge >= 0.3 is 5.97 Å². The zero-order valence-corrected chi connectivity index (χ0v) is 16.1. The predicted molar refractivity (Wildman–Crippen MR) is 103 cm³/mol. The van der Waals surface area contributed by atoms with Gasteiger partial charge in [-0.2, -0.15) is 0 Å². The number of amides is 3. The zero-order valence-electron chi connectivity index (χ0n) is 16.1. The smallest absolute Gasteiger partial charge is 0.322 e. The molecule has 0 aromatic heterocycles. The molecule has 0 saturated heterocycles. The average molecular weight is 392 g/mol. The lowest BCUT2D eigenvalue weighted by Crippen LogP contribution is -2.52. The summed E-state index contributed by atoms with van der Waals surface area (Å²) in [5, 5.41) is 15.9. The second-order valence-electron chi connectivity index (χ2n) is 6.88. The first-order valence-corrected chi connectivity index (χ1v) is 9.05. The average Bonchev–Trinajstić information content (AvgIpc) is 2.63. The molecule has 2 atom stereocenters. The fourth-order valence-electron chi connectivity index (χ4n) is 2.49. The van der Waals surface area contributed by atoms with Crippen LogP contribution in [-0.4, -0.2) is 54.0 Å². The van der Waals surface area contributed by atoms with Gasteiger partial charge in [0.2, 0.25) is 17.7 Å². The molecular weight excluding hydrogens is 364 g/mol. The highest BCUT2D eigenvalue weighted by molar-refractivity contribution is 5.92. The number of rotatable bonds is 11. The van der Waals surface area contributed by atoms with Crippen molar-refractivity contribution in [3.05, 3.63) is 35.9 Å². The van der Waals surface area contributed by atoms with Crippen molar-refractivity contribution in [3.8, 4) is 0 Å². The van der Waals surface area contributed by atoms with Gasteiger partial charge < -0.3 is 26.8 Å². The van der Waals surface area contributed by atoms with E-state index in [0.29, 0.717) is 12.8 Å². The summed E-state index contributed by atoms with van der Waals surface area (Å²) in [5.41, 5.74) is 6.76. The van der Waals surface area contributed by atoms with Crippen molar-refractivity contribution < 1.29 is 24.3 Å². The van der Waals surface area contributed by atoms with E-state index in [-0.39, 0.29) is 12.5 Å². The Bertz CT molecular complexity index is 678. The number of carbonyl (C=O) groups is 4. The van der Waals surface area contributed by atoms with Crippen LogP contribution in [0, 0.1) is 5.92 Å². The zero-order chi connectivity index (χ0) is 21.1. The van der Waals surface area contributed by atoms with Crippen molar-refractivity contribution in [2.24, 2.45) is 11.7 Å². The van der Waals surface area contributed by atoms with Crippen LogP contribution in [0.5, 0.6) is 0 Å². The molecule has 0 saturated carbocycles. The van der Waals surface area contributed by atoms with Crippen molar-refractivity contribution in [3.63, 3.8) is 0 Å². The summed E-state index contributed by atoms with van der Waals surface area (Å²) in [7, 11) is 0. The SMILES string of the molecule is CC(C)CC(NC(=O)CNC(=O)C(N)Cc1ccccc1)C(=O)NCC(=O)O. The summed E-state index contributed by atoms with van der Waals surface area (Å²) in [6.45, 7) is 2.87. The van der Waals surface area contributed by atoms with Crippen LogP contribution >= 0.6 is 0 Å². The maximum Gasteiger partial charge on any atom is 0.322 e. The van der Waals surface area contributed by atoms with Crippen LogP contribution in [0.2, 0.25) is 0 Å². The number of nitrogens with two attached hydrogens (primary N) is 1. The molecule has 1 rings (SSSR count). The number of carboxylic acid groups (broad SMARTS) is 1. The van der Waals surface area contributed by atoms with Gasteiger partial charge in [0.1, 0.15) is 12.6 Å². The van der Waals surface area contributed by atoms with E-state index < -0.39 is 42.3 Å². The third kappa shape index (κ3) is 9.13. The molecule has 28 heavy (non-hydrogen) atoms. The van der Waals surface area contributed by atoms with Crippen molar-refractivity contribution in [2.45, 2.75) is 38.8 Å². The minimum Gasteiger partial charge on any atom is -0.480 e. The number of hydrogen-bond donors (Lipinski definition) is 5. The molecule has 0 bridgehead atoms. The van der Waals surface area contributed by atoms with Crippen LogP contribution in [0.4, 0.5) is 0 Å². The molecule has 1 aromatic carbocycles. The minimum atomic E-state index is -1.18. The van der Waals surface area contributed by atoms with Crippen molar-refractivity contribution >= 4 is 23.7 Å². The maximum atomic E-state index is 12.1. The van der Waals surface area contributed by atoms with Crippen LogP contribution in [0.1, 0.15) is 25.8 Å². The van der Waals surface area contributed by atoms with Crippen molar-refractivity contribution in [1.82, 2.24) is 16.0 Å². The first kappa shape index (κ1) is 23.1. The number of carboxylic acids is 1. The van der Waals surface area contributed by atoms with Gasteiger partial charge in [0.05, 0.1) is 12.6 Å². The molecule has 0 aliphatic carbocycles. The van der Waals surface area contributed by atoms with E-state index in [1.165, 1.54) is 0 Å². The van der Waals surface area contributed by atoms with Crippen LogP contribution in [0.15, 0.2) is 30.3 Å². The molecule has 154 valence electrons. The van der Waals surface area contributed by atoms with Crippen molar-refractivity contribution in [1.29, 1.82) is 0 Å². The van der Waals surface area contributed by atoms with Crippen molar-refractivity contribution in [2.75, 3.05) is 13.1 Å². The molecule has 0 fully saturated rings. The fraction of sp³-hybridized carbons (Fsp3) is 0.474. The largest absolute Gasteiger partial charge is 0.480 e. The third-order valence-electron chi connectivity index (χ3n) is 3.83. The van der Waals surface area contributed by atoms with E-state index in [1.54, 1.807) is 0 Å². The van der Waals surface area contributed by atoms with Gasteiger partial charge in [0, 0.05) is 0 Å². The summed E-state index contributed by atoms with van der Waals surface area (Å²) >= 11 is 0. The van der Waals surface area contributed by atoms with Gasteiger partial charge in [-0.3, -0.25) is 19.2 Å². The molecule has 2 unspecified atom stereocenters. The predicted octanol–water partition coefficient (Wildman–Crippen LogP) is -0.596. The second-order valence-corrected chi connectivity index (χ2v) is 6.88. The van der Waals surface area contributed by atoms with Gasteiger partial charge in [-0.1, -0.05) is 44.2 Å². The first-order chi connectivity index (χ1) is 13.2. The highest BCUT2D eigenvalue weighted by Gasteiger charge is 2.23. The summed E-state index contributed by atoms with van der Waals surface area (Å²) in [6.07, 6.45) is 0.667. The molecule has 0 spiro atoms. The van der Waals surface area contributed by atoms with Gasteiger partial charge in [-0.25, -0.2) is 0 Å². The Kier molecular flexibility index (Phi) is 9.66. The molecule has 9 heteroatoms.